The molecule has 0 bridgehead atoms. The number of anilines is 1. The maximum absolute atomic E-state index is 13.9. The molecular weight excluding hydrogens is 503 g/mol. The summed E-state index contributed by atoms with van der Waals surface area (Å²) in [7, 11) is 0. The quantitative estimate of drug-likeness (QED) is 0.111. The van der Waals surface area contributed by atoms with E-state index in [9.17, 15) is 36.9 Å². The predicted molar refractivity (Wildman–Crippen MR) is 119 cm³/mol. The van der Waals surface area contributed by atoms with E-state index in [-0.39, 0.29) is 23.7 Å². The Bertz CT molecular complexity index is 1460. The number of amides is 1. The molecule has 0 aliphatic carbocycles. The van der Waals surface area contributed by atoms with Gasteiger partial charge in [-0.1, -0.05) is 12.1 Å². The first-order valence-electron chi connectivity index (χ1n) is 10.5. The Morgan fingerprint density at radius 1 is 0.946 bits per heavy atom. The number of benzene rings is 3. The second kappa shape index (κ2) is 10.4. The van der Waals surface area contributed by atoms with Gasteiger partial charge in [-0.15, -0.1) is 0 Å². The third-order valence-corrected chi connectivity index (χ3v) is 5.15. The highest BCUT2D eigenvalue weighted by Crippen LogP contribution is 2.24. The van der Waals surface area contributed by atoms with Crippen LogP contribution in [-0.4, -0.2) is 20.6 Å². The molecule has 1 N–H and O–H groups in total. The number of ether oxygens (including phenoxy) is 1. The third kappa shape index (κ3) is 5.55. The molecule has 0 saturated carbocycles. The van der Waals surface area contributed by atoms with Crippen LogP contribution in [0.15, 0.2) is 60.8 Å². The number of non-ortho nitro benzene ring substituents is 1. The molecule has 3 aromatic carbocycles. The van der Waals surface area contributed by atoms with Gasteiger partial charge in [0, 0.05) is 30.0 Å². The molecule has 0 aliphatic heterocycles. The van der Waals surface area contributed by atoms with Gasteiger partial charge in [0.25, 0.3) is 11.6 Å². The Morgan fingerprint density at radius 3 is 2.24 bits per heavy atom. The SMILES string of the molecule is O=C(Nc1ccn(Cc2c(F)c(F)c(F)c(F)c2F)n1)c1cccc(COc2ccc([N+](=O)[O-])cc2)c1. The summed E-state index contributed by atoms with van der Waals surface area (Å²) in [6.07, 6.45) is 1.20. The number of nitro groups is 1. The van der Waals surface area contributed by atoms with E-state index >= 15 is 0 Å². The molecule has 1 heterocycles. The lowest BCUT2D eigenvalue weighted by atomic mass is 10.1. The summed E-state index contributed by atoms with van der Waals surface area (Å²) in [5.41, 5.74) is -0.319. The Hall–Kier alpha value is -4.81. The molecule has 0 atom stereocenters. The molecule has 4 rings (SSSR count). The minimum absolute atomic E-state index is 0.0265. The molecule has 13 heteroatoms. The van der Waals surface area contributed by atoms with Crippen LogP contribution in [0.5, 0.6) is 5.75 Å². The zero-order chi connectivity index (χ0) is 26.7. The van der Waals surface area contributed by atoms with E-state index in [1.165, 1.54) is 48.7 Å². The monoisotopic (exact) mass is 518 g/mol. The second-order valence-electron chi connectivity index (χ2n) is 7.64. The van der Waals surface area contributed by atoms with E-state index in [0.29, 0.717) is 11.3 Å². The highest BCUT2D eigenvalue weighted by Gasteiger charge is 2.26. The van der Waals surface area contributed by atoms with Crippen molar-refractivity contribution in [1.29, 1.82) is 0 Å². The highest BCUT2D eigenvalue weighted by molar-refractivity contribution is 6.03. The van der Waals surface area contributed by atoms with Crippen LogP contribution in [0, 0.1) is 39.2 Å². The zero-order valence-corrected chi connectivity index (χ0v) is 18.6. The van der Waals surface area contributed by atoms with Crippen LogP contribution < -0.4 is 10.1 Å². The molecule has 37 heavy (non-hydrogen) atoms. The lowest BCUT2D eigenvalue weighted by Gasteiger charge is -2.09. The van der Waals surface area contributed by atoms with Crippen LogP contribution in [0.3, 0.4) is 0 Å². The van der Waals surface area contributed by atoms with E-state index in [4.69, 9.17) is 4.74 Å². The van der Waals surface area contributed by atoms with Gasteiger partial charge in [-0.25, -0.2) is 22.0 Å². The van der Waals surface area contributed by atoms with Crippen molar-refractivity contribution < 1.29 is 36.4 Å². The Morgan fingerprint density at radius 2 is 1.59 bits per heavy atom. The van der Waals surface area contributed by atoms with Crippen LogP contribution in [0.25, 0.3) is 0 Å². The molecule has 0 aliphatic rings. The molecule has 0 radical (unpaired) electrons. The topological polar surface area (TPSA) is 99.3 Å². The van der Waals surface area contributed by atoms with Crippen molar-refractivity contribution in [2.45, 2.75) is 13.2 Å². The molecule has 1 aromatic heterocycles. The van der Waals surface area contributed by atoms with Crippen LogP contribution in [-0.2, 0) is 13.2 Å². The number of hydrogen-bond acceptors (Lipinski definition) is 5. The van der Waals surface area contributed by atoms with Crippen LogP contribution in [0.2, 0.25) is 0 Å². The summed E-state index contributed by atoms with van der Waals surface area (Å²) in [4.78, 5) is 22.8. The summed E-state index contributed by atoms with van der Waals surface area (Å²) < 4.78 is 74.4. The number of carbonyl (C=O) groups is 1. The van der Waals surface area contributed by atoms with E-state index < -0.39 is 52.0 Å². The number of nitro benzene ring substituents is 1. The Labute approximate surface area is 205 Å². The van der Waals surface area contributed by atoms with Crippen molar-refractivity contribution in [3.8, 4) is 5.75 Å². The molecule has 190 valence electrons. The van der Waals surface area contributed by atoms with Crippen LogP contribution in [0.4, 0.5) is 33.5 Å². The highest BCUT2D eigenvalue weighted by atomic mass is 19.2. The van der Waals surface area contributed by atoms with Gasteiger partial charge in [-0.2, -0.15) is 5.10 Å². The van der Waals surface area contributed by atoms with E-state index in [1.807, 2.05) is 0 Å². The van der Waals surface area contributed by atoms with Crippen LogP contribution in [0.1, 0.15) is 21.5 Å². The van der Waals surface area contributed by atoms with Crippen molar-refractivity contribution in [2.75, 3.05) is 5.32 Å². The first-order chi connectivity index (χ1) is 17.6. The van der Waals surface area contributed by atoms with Crippen molar-refractivity contribution in [3.05, 3.63) is 117 Å². The number of nitrogens with zero attached hydrogens (tertiary/aromatic N) is 3. The number of halogens is 5. The molecule has 4 aromatic rings. The van der Waals surface area contributed by atoms with Gasteiger partial charge in [-0.3, -0.25) is 19.6 Å². The number of carbonyl (C=O) groups excluding carboxylic acids is 1. The maximum Gasteiger partial charge on any atom is 0.269 e. The molecule has 0 saturated heterocycles. The second-order valence-corrected chi connectivity index (χ2v) is 7.64. The Balaban J connectivity index is 1.41. The summed E-state index contributed by atoms with van der Waals surface area (Å²) in [5.74, 6) is -10.5. The summed E-state index contributed by atoms with van der Waals surface area (Å²) in [6, 6.07) is 13.1. The largest absolute Gasteiger partial charge is 0.489 e. The maximum atomic E-state index is 13.9. The normalized spacial score (nSPS) is 10.8. The molecule has 0 unspecified atom stereocenters. The van der Waals surface area contributed by atoms with Crippen molar-refractivity contribution in [2.24, 2.45) is 0 Å². The van der Waals surface area contributed by atoms with E-state index in [0.717, 1.165) is 4.68 Å². The minimum atomic E-state index is -2.26. The van der Waals surface area contributed by atoms with Crippen molar-refractivity contribution >= 4 is 17.4 Å². The van der Waals surface area contributed by atoms with Crippen molar-refractivity contribution in [1.82, 2.24) is 9.78 Å². The number of rotatable bonds is 8. The van der Waals surface area contributed by atoms with Crippen LogP contribution >= 0.6 is 0 Å². The summed E-state index contributed by atoms with van der Waals surface area (Å²) in [6.45, 7) is -0.702. The van der Waals surface area contributed by atoms with Gasteiger partial charge in [0.15, 0.2) is 29.1 Å². The lowest BCUT2D eigenvalue weighted by molar-refractivity contribution is -0.384. The standard InChI is InChI=1S/C24H15F5N4O4/c25-19-17(20(26)22(28)23(29)21(19)27)11-32-9-8-18(31-32)30-24(34)14-3-1-2-13(10-14)12-37-16-6-4-15(5-7-16)33(35)36/h1-10H,11-12H2,(H,30,31,34). The van der Waals surface area contributed by atoms with E-state index in [1.54, 1.807) is 12.1 Å². The first kappa shape index (κ1) is 25.3. The lowest BCUT2D eigenvalue weighted by Crippen LogP contribution is -2.14. The van der Waals surface area contributed by atoms with Gasteiger partial charge < -0.3 is 10.1 Å². The van der Waals surface area contributed by atoms with Crippen molar-refractivity contribution in [3.63, 3.8) is 0 Å². The van der Waals surface area contributed by atoms with Gasteiger partial charge >= 0.3 is 0 Å². The predicted octanol–water partition coefficient (Wildman–Crippen LogP) is 5.37. The molecule has 8 nitrogen and oxygen atoms in total. The smallest absolute Gasteiger partial charge is 0.269 e. The van der Waals surface area contributed by atoms with Gasteiger partial charge in [0.1, 0.15) is 12.4 Å². The molecule has 0 spiro atoms. The average Bonchev–Trinajstić information content (AvgIpc) is 3.34. The molecule has 0 fully saturated rings. The van der Waals surface area contributed by atoms with Gasteiger partial charge in [0.2, 0.25) is 5.82 Å². The Kier molecular flexibility index (Phi) is 7.13. The van der Waals surface area contributed by atoms with E-state index in [2.05, 4.69) is 10.4 Å². The molecular formula is C24H15F5N4O4. The fourth-order valence-electron chi connectivity index (χ4n) is 3.29. The number of nitrogens with one attached hydrogen (secondary N) is 1. The van der Waals surface area contributed by atoms with Gasteiger partial charge in [0.05, 0.1) is 17.0 Å². The first-order valence-corrected chi connectivity index (χ1v) is 10.5. The average molecular weight is 518 g/mol. The molecule has 1 amide bonds. The fourth-order valence-corrected chi connectivity index (χ4v) is 3.29. The minimum Gasteiger partial charge on any atom is -0.489 e. The fraction of sp³-hybridized carbons (Fsp3) is 0.0833. The summed E-state index contributed by atoms with van der Waals surface area (Å²) >= 11 is 0. The van der Waals surface area contributed by atoms with Gasteiger partial charge in [-0.05, 0) is 29.8 Å². The number of hydrogen-bond donors (Lipinski definition) is 1. The number of aromatic nitrogens is 2. The third-order valence-electron chi connectivity index (χ3n) is 5.15. The zero-order valence-electron chi connectivity index (χ0n) is 18.6. The summed E-state index contributed by atoms with van der Waals surface area (Å²) in [5, 5.41) is 17.1.